The quantitative estimate of drug-likeness (QED) is 0.412. The van der Waals surface area contributed by atoms with Crippen LogP contribution in [0.5, 0.6) is 17.2 Å². The maximum atomic E-state index is 12.2. The van der Waals surface area contributed by atoms with Crippen LogP contribution in [0.4, 0.5) is 0 Å². The van der Waals surface area contributed by atoms with E-state index in [0.29, 0.717) is 33.9 Å². The van der Waals surface area contributed by atoms with Crippen LogP contribution in [0.2, 0.25) is 0 Å². The summed E-state index contributed by atoms with van der Waals surface area (Å²) in [7, 11) is 1.56. The average molecular weight is 482 g/mol. The first-order chi connectivity index (χ1) is 13.9. The molecule has 0 aromatic heterocycles. The Labute approximate surface area is 182 Å². The van der Waals surface area contributed by atoms with Gasteiger partial charge >= 0.3 is 0 Å². The number of carbonyl (C=O) groups is 2. The Morgan fingerprint density at radius 2 is 1.72 bits per heavy atom. The molecule has 0 aliphatic rings. The molecule has 0 radical (unpaired) electrons. The van der Waals surface area contributed by atoms with Gasteiger partial charge in [0.05, 0.1) is 18.2 Å². The van der Waals surface area contributed by atoms with Gasteiger partial charge in [-0.1, -0.05) is 0 Å². The lowest BCUT2D eigenvalue weighted by molar-refractivity contribution is -0.123. The monoisotopic (exact) mass is 481 g/mol. The van der Waals surface area contributed by atoms with Crippen molar-refractivity contribution in [2.75, 3.05) is 20.3 Å². The van der Waals surface area contributed by atoms with Crippen LogP contribution in [-0.4, -0.2) is 37.3 Å². The molecule has 0 saturated carbocycles. The number of benzene rings is 2. The average Bonchev–Trinajstić information content (AvgIpc) is 2.72. The highest BCUT2D eigenvalue weighted by Crippen LogP contribution is 2.25. The smallest absolute Gasteiger partial charge is 0.276 e. The molecule has 0 fully saturated rings. The van der Waals surface area contributed by atoms with Gasteiger partial charge in [0.25, 0.3) is 11.8 Å². The van der Waals surface area contributed by atoms with Gasteiger partial charge in [0.1, 0.15) is 17.2 Å². The van der Waals surface area contributed by atoms with Crippen molar-refractivity contribution < 1.29 is 23.8 Å². The number of rotatable bonds is 7. The van der Waals surface area contributed by atoms with Gasteiger partial charge < -0.3 is 14.2 Å². The van der Waals surface area contributed by atoms with Crippen molar-refractivity contribution in [1.82, 2.24) is 16.2 Å². The summed E-state index contributed by atoms with van der Waals surface area (Å²) in [5.74, 6) is 0.923. The fourth-order valence-electron chi connectivity index (χ4n) is 2.10. The predicted molar refractivity (Wildman–Crippen MR) is 115 cm³/mol. The molecule has 8 nitrogen and oxygen atoms in total. The molecule has 0 heterocycles. The van der Waals surface area contributed by atoms with Gasteiger partial charge in [0, 0.05) is 5.56 Å². The van der Waals surface area contributed by atoms with E-state index < -0.39 is 11.8 Å². The zero-order valence-corrected chi connectivity index (χ0v) is 18.2. The molecule has 0 saturated heterocycles. The summed E-state index contributed by atoms with van der Waals surface area (Å²) in [6.07, 6.45) is 0. The Morgan fingerprint density at radius 1 is 1.03 bits per heavy atom. The summed E-state index contributed by atoms with van der Waals surface area (Å²) in [6.45, 7) is 2.15. The fourth-order valence-corrected chi connectivity index (χ4v) is 2.74. The molecule has 2 amide bonds. The molecule has 29 heavy (non-hydrogen) atoms. The summed E-state index contributed by atoms with van der Waals surface area (Å²) < 4.78 is 16.4. The number of methoxy groups -OCH3 is 1. The number of hydrogen-bond acceptors (Lipinski definition) is 6. The minimum absolute atomic E-state index is 0.0576. The van der Waals surface area contributed by atoms with Crippen LogP contribution >= 0.6 is 28.1 Å². The molecular weight excluding hydrogens is 462 g/mol. The number of hydrazine groups is 1. The molecule has 3 N–H and O–H groups in total. The molecule has 154 valence electrons. The fraction of sp³-hybridized carbons (Fsp3) is 0.211. The Morgan fingerprint density at radius 3 is 2.34 bits per heavy atom. The number of hydrogen-bond donors (Lipinski definition) is 3. The van der Waals surface area contributed by atoms with Crippen LogP contribution in [-0.2, 0) is 4.79 Å². The standard InChI is InChI=1S/C19H20BrN3O5S/c1-3-27-16-9-4-12(10-15(16)20)18(25)21-19(29)23-22-17(24)11-28-14-7-5-13(26-2)6-8-14/h4-10H,3,11H2,1-2H3,(H,22,24)(H2,21,23,25,29). The SMILES string of the molecule is CCOc1ccc(C(=O)NC(=S)NNC(=O)COc2ccc(OC)cc2)cc1Br. The number of halogens is 1. The maximum Gasteiger partial charge on any atom is 0.276 e. The normalized spacial score (nSPS) is 9.90. The van der Waals surface area contributed by atoms with E-state index in [1.807, 2.05) is 6.92 Å². The zero-order valence-electron chi connectivity index (χ0n) is 15.8. The summed E-state index contributed by atoms with van der Waals surface area (Å²) >= 11 is 8.35. The molecule has 0 spiro atoms. The second-order valence-electron chi connectivity index (χ2n) is 5.50. The number of thiocarbonyl (C=S) groups is 1. The largest absolute Gasteiger partial charge is 0.497 e. The summed E-state index contributed by atoms with van der Waals surface area (Å²) in [5, 5.41) is 2.41. The van der Waals surface area contributed by atoms with Crippen LogP contribution in [0.1, 0.15) is 17.3 Å². The van der Waals surface area contributed by atoms with E-state index in [2.05, 4.69) is 32.1 Å². The Bertz CT molecular complexity index is 877. The van der Waals surface area contributed by atoms with Crippen LogP contribution in [0.3, 0.4) is 0 Å². The molecule has 0 aliphatic carbocycles. The van der Waals surface area contributed by atoms with Crippen molar-refractivity contribution in [3.05, 3.63) is 52.5 Å². The van der Waals surface area contributed by atoms with E-state index >= 15 is 0 Å². The van der Waals surface area contributed by atoms with E-state index in [-0.39, 0.29) is 11.7 Å². The Balaban J connectivity index is 1.76. The minimum Gasteiger partial charge on any atom is -0.497 e. The van der Waals surface area contributed by atoms with Crippen molar-refractivity contribution in [1.29, 1.82) is 0 Å². The second kappa shape index (κ2) is 11.2. The lowest BCUT2D eigenvalue weighted by atomic mass is 10.2. The number of nitrogens with one attached hydrogen (secondary N) is 3. The van der Waals surface area contributed by atoms with E-state index in [1.54, 1.807) is 49.6 Å². The summed E-state index contributed by atoms with van der Waals surface area (Å²) in [5.41, 5.74) is 5.17. The first-order valence-electron chi connectivity index (χ1n) is 8.52. The Kier molecular flexibility index (Phi) is 8.68. The van der Waals surface area contributed by atoms with E-state index in [0.717, 1.165) is 0 Å². The third kappa shape index (κ3) is 7.24. The second-order valence-corrected chi connectivity index (χ2v) is 6.76. The van der Waals surface area contributed by atoms with Crippen molar-refractivity contribution in [2.45, 2.75) is 6.92 Å². The van der Waals surface area contributed by atoms with Crippen LogP contribution in [0.25, 0.3) is 0 Å². The maximum absolute atomic E-state index is 12.2. The van der Waals surface area contributed by atoms with Crippen molar-refractivity contribution in [3.8, 4) is 17.2 Å². The minimum atomic E-state index is -0.471. The van der Waals surface area contributed by atoms with E-state index in [4.69, 9.17) is 26.4 Å². The summed E-state index contributed by atoms with van der Waals surface area (Å²) in [4.78, 5) is 24.1. The first-order valence-corrected chi connectivity index (χ1v) is 9.72. The third-order valence-corrected chi connectivity index (χ3v) is 4.29. The molecule has 10 heteroatoms. The van der Waals surface area contributed by atoms with Crippen LogP contribution < -0.4 is 30.4 Å². The van der Waals surface area contributed by atoms with Gasteiger partial charge in [-0.3, -0.25) is 25.8 Å². The zero-order chi connectivity index (χ0) is 21.2. The highest BCUT2D eigenvalue weighted by atomic mass is 79.9. The van der Waals surface area contributed by atoms with Gasteiger partial charge in [-0.25, -0.2) is 0 Å². The van der Waals surface area contributed by atoms with Crippen molar-refractivity contribution >= 4 is 45.1 Å². The molecule has 0 bridgehead atoms. The lowest BCUT2D eigenvalue weighted by Crippen LogP contribution is -2.49. The number of carbonyl (C=O) groups excluding carboxylic acids is 2. The van der Waals surface area contributed by atoms with E-state index in [9.17, 15) is 9.59 Å². The lowest BCUT2D eigenvalue weighted by Gasteiger charge is -2.12. The molecule has 0 atom stereocenters. The van der Waals surface area contributed by atoms with Crippen LogP contribution in [0.15, 0.2) is 46.9 Å². The highest BCUT2D eigenvalue weighted by molar-refractivity contribution is 9.10. The van der Waals surface area contributed by atoms with Gasteiger partial charge in [-0.15, -0.1) is 0 Å². The molecule has 2 aromatic rings. The molecule has 0 unspecified atom stereocenters. The van der Waals surface area contributed by atoms with Gasteiger partial charge in [0.2, 0.25) is 0 Å². The number of ether oxygens (including phenoxy) is 3. The molecule has 2 rings (SSSR count). The highest BCUT2D eigenvalue weighted by Gasteiger charge is 2.11. The molecule has 0 aliphatic heterocycles. The summed E-state index contributed by atoms with van der Waals surface area (Å²) in [6, 6.07) is 11.7. The predicted octanol–water partition coefficient (Wildman–Crippen LogP) is 2.57. The van der Waals surface area contributed by atoms with Gasteiger partial charge in [0.15, 0.2) is 11.7 Å². The first kappa shape index (κ1) is 22.4. The topological polar surface area (TPSA) is 97.9 Å². The molecule has 2 aromatic carbocycles. The van der Waals surface area contributed by atoms with E-state index in [1.165, 1.54) is 0 Å². The van der Waals surface area contributed by atoms with Gasteiger partial charge in [-0.2, -0.15) is 0 Å². The Hall–Kier alpha value is -2.85. The molecular formula is C19H20BrN3O5S. The van der Waals surface area contributed by atoms with Gasteiger partial charge in [-0.05, 0) is 77.5 Å². The number of amides is 2. The van der Waals surface area contributed by atoms with Crippen molar-refractivity contribution in [3.63, 3.8) is 0 Å². The van der Waals surface area contributed by atoms with Crippen molar-refractivity contribution in [2.24, 2.45) is 0 Å². The third-order valence-electron chi connectivity index (χ3n) is 3.47. The van der Waals surface area contributed by atoms with Crippen LogP contribution in [0, 0.1) is 0 Å².